The third-order valence-corrected chi connectivity index (χ3v) is 3.67. The number of benzene rings is 2. The van der Waals surface area contributed by atoms with Gasteiger partial charge in [0.15, 0.2) is 6.61 Å². The van der Waals surface area contributed by atoms with E-state index in [1.54, 1.807) is 32.4 Å². The van der Waals surface area contributed by atoms with Crippen molar-refractivity contribution in [1.29, 1.82) is 0 Å². The van der Waals surface area contributed by atoms with Crippen molar-refractivity contribution in [2.45, 2.75) is 0 Å². The van der Waals surface area contributed by atoms with Gasteiger partial charge in [-0.15, -0.1) is 6.42 Å². The molecule has 0 saturated heterocycles. The lowest BCUT2D eigenvalue weighted by Crippen LogP contribution is -2.04. The van der Waals surface area contributed by atoms with E-state index in [1.807, 2.05) is 36.4 Å². The lowest BCUT2D eigenvalue weighted by atomic mass is 10.1. The van der Waals surface area contributed by atoms with E-state index < -0.39 is 5.97 Å². The minimum atomic E-state index is -0.437. The minimum Gasteiger partial charge on any atom is -0.496 e. The van der Waals surface area contributed by atoms with Gasteiger partial charge >= 0.3 is 5.97 Å². The molecule has 0 spiro atoms. The summed E-state index contributed by atoms with van der Waals surface area (Å²) in [5.41, 5.74) is 3.11. The lowest BCUT2D eigenvalue weighted by molar-refractivity contribution is 0.0557. The van der Waals surface area contributed by atoms with E-state index in [1.165, 1.54) is 0 Å². The van der Waals surface area contributed by atoms with Gasteiger partial charge in [0.25, 0.3) is 0 Å². The van der Waals surface area contributed by atoms with Gasteiger partial charge in [0.1, 0.15) is 11.5 Å². The largest absolute Gasteiger partial charge is 0.496 e. The maximum atomic E-state index is 11.7. The van der Waals surface area contributed by atoms with Crippen molar-refractivity contribution in [3.8, 4) is 23.8 Å². The summed E-state index contributed by atoms with van der Waals surface area (Å²) in [5, 5.41) is 0. The molecule has 0 aliphatic carbocycles. The predicted molar refractivity (Wildman–Crippen MR) is 104 cm³/mol. The second-order valence-corrected chi connectivity index (χ2v) is 5.28. The number of hydrogen-bond acceptors (Lipinski definition) is 4. The van der Waals surface area contributed by atoms with Gasteiger partial charge in [-0.3, -0.25) is 0 Å². The lowest BCUT2D eigenvalue weighted by Gasteiger charge is -2.11. The Bertz CT molecular complexity index is 830. The molecule has 0 heterocycles. The van der Waals surface area contributed by atoms with E-state index in [4.69, 9.17) is 20.6 Å². The molecule has 0 radical (unpaired) electrons. The highest BCUT2D eigenvalue weighted by Crippen LogP contribution is 2.32. The molecule has 0 aliphatic rings. The Kier molecular flexibility index (Phi) is 6.64. The maximum Gasteiger partial charge on any atom is 0.339 e. The zero-order valence-corrected chi connectivity index (χ0v) is 14.8. The Morgan fingerprint density at radius 3 is 2.15 bits per heavy atom. The third kappa shape index (κ3) is 4.55. The van der Waals surface area contributed by atoms with Gasteiger partial charge in [-0.1, -0.05) is 42.9 Å². The SMILES string of the molecule is C#CCOC(=O)c1ccc(/C=C/c2cc(OC)c(C=C)c(OC)c2)cc1. The predicted octanol–water partition coefficient (Wildman–Crippen LogP) is 4.31. The standard InChI is InChI=1S/C22H20O4/c1-5-13-26-22(23)18-11-9-16(10-12-18)7-8-17-14-20(24-3)19(6-2)21(15-17)25-4/h1,6-12,14-15H,2,13H2,3-4H3/b8-7+. The monoisotopic (exact) mass is 348 g/mol. The summed E-state index contributed by atoms with van der Waals surface area (Å²) in [6.45, 7) is 3.75. The smallest absolute Gasteiger partial charge is 0.339 e. The van der Waals surface area contributed by atoms with Gasteiger partial charge in [0.05, 0.1) is 25.3 Å². The van der Waals surface area contributed by atoms with Crippen LogP contribution < -0.4 is 9.47 Å². The summed E-state index contributed by atoms with van der Waals surface area (Å²) >= 11 is 0. The van der Waals surface area contributed by atoms with E-state index in [0.29, 0.717) is 17.1 Å². The first-order valence-corrected chi connectivity index (χ1v) is 7.90. The molecule has 0 aliphatic heterocycles. The number of carbonyl (C=O) groups is 1. The maximum absolute atomic E-state index is 11.7. The van der Waals surface area contributed by atoms with Crippen molar-refractivity contribution in [2.24, 2.45) is 0 Å². The van der Waals surface area contributed by atoms with E-state index >= 15 is 0 Å². The molecule has 2 aromatic carbocycles. The van der Waals surface area contributed by atoms with E-state index in [0.717, 1.165) is 16.7 Å². The van der Waals surface area contributed by atoms with Crippen LogP contribution in [0.3, 0.4) is 0 Å². The fourth-order valence-electron chi connectivity index (χ4n) is 2.37. The van der Waals surface area contributed by atoms with Crippen LogP contribution in [0.4, 0.5) is 0 Å². The quantitative estimate of drug-likeness (QED) is 0.425. The molecule has 4 heteroatoms. The van der Waals surface area contributed by atoms with Crippen LogP contribution in [0.15, 0.2) is 43.0 Å². The van der Waals surface area contributed by atoms with Crippen LogP contribution in [0.25, 0.3) is 18.2 Å². The third-order valence-electron chi connectivity index (χ3n) is 3.67. The minimum absolute atomic E-state index is 0.0368. The number of rotatable bonds is 7. The topological polar surface area (TPSA) is 44.8 Å². The molecule has 2 rings (SSSR count). The highest BCUT2D eigenvalue weighted by Gasteiger charge is 2.09. The molecule has 0 N–H and O–H groups in total. The van der Waals surface area contributed by atoms with Crippen LogP contribution in [0.2, 0.25) is 0 Å². The summed E-state index contributed by atoms with van der Waals surface area (Å²) in [6, 6.07) is 10.9. The molecule has 26 heavy (non-hydrogen) atoms. The average Bonchev–Trinajstić information content (AvgIpc) is 2.69. The molecule has 0 amide bonds. The molecule has 0 atom stereocenters. The molecular formula is C22H20O4. The highest BCUT2D eigenvalue weighted by atomic mass is 16.5. The van der Waals surface area contributed by atoms with Gasteiger partial charge in [-0.05, 0) is 35.4 Å². The van der Waals surface area contributed by atoms with Gasteiger partial charge in [-0.2, -0.15) is 0 Å². The van der Waals surface area contributed by atoms with E-state index in [-0.39, 0.29) is 6.61 Å². The van der Waals surface area contributed by atoms with Crippen LogP contribution >= 0.6 is 0 Å². The van der Waals surface area contributed by atoms with E-state index in [2.05, 4.69) is 12.5 Å². The second-order valence-electron chi connectivity index (χ2n) is 5.28. The Morgan fingerprint density at radius 1 is 1.08 bits per heavy atom. The summed E-state index contributed by atoms with van der Waals surface area (Å²) in [4.78, 5) is 11.7. The Morgan fingerprint density at radius 2 is 1.65 bits per heavy atom. The summed E-state index contributed by atoms with van der Waals surface area (Å²) in [5.74, 6) is 3.20. The van der Waals surface area contributed by atoms with Crippen LogP contribution in [-0.4, -0.2) is 26.8 Å². The number of esters is 1. The molecule has 4 nitrogen and oxygen atoms in total. The van der Waals surface area contributed by atoms with Crippen molar-refractivity contribution < 1.29 is 19.0 Å². The summed E-state index contributed by atoms with van der Waals surface area (Å²) in [6.07, 6.45) is 10.6. The number of carbonyl (C=O) groups excluding carboxylic acids is 1. The first kappa shape index (κ1) is 18.9. The van der Waals surface area contributed by atoms with Crippen LogP contribution in [-0.2, 0) is 4.74 Å². The Labute approximate surface area is 153 Å². The number of terminal acetylenes is 1. The number of methoxy groups -OCH3 is 2. The Hall–Kier alpha value is -3.45. The van der Waals surface area contributed by atoms with Crippen molar-refractivity contribution in [3.63, 3.8) is 0 Å². The van der Waals surface area contributed by atoms with Crippen molar-refractivity contribution in [1.82, 2.24) is 0 Å². The fraction of sp³-hybridized carbons (Fsp3) is 0.136. The van der Waals surface area contributed by atoms with Gasteiger partial charge < -0.3 is 14.2 Å². The van der Waals surface area contributed by atoms with Crippen molar-refractivity contribution >= 4 is 24.2 Å². The van der Waals surface area contributed by atoms with Crippen LogP contribution in [0, 0.1) is 12.3 Å². The fourth-order valence-corrected chi connectivity index (χ4v) is 2.37. The average molecular weight is 348 g/mol. The highest BCUT2D eigenvalue weighted by molar-refractivity contribution is 5.90. The van der Waals surface area contributed by atoms with E-state index in [9.17, 15) is 4.79 Å². The van der Waals surface area contributed by atoms with Gasteiger partial charge in [0, 0.05) is 0 Å². The molecule has 0 unspecified atom stereocenters. The molecule has 0 saturated carbocycles. The zero-order chi connectivity index (χ0) is 18.9. The van der Waals surface area contributed by atoms with Crippen molar-refractivity contribution in [2.75, 3.05) is 20.8 Å². The molecular weight excluding hydrogens is 328 g/mol. The first-order valence-electron chi connectivity index (χ1n) is 7.90. The summed E-state index contributed by atoms with van der Waals surface area (Å²) in [7, 11) is 3.21. The van der Waals surface area contributed by atoms with Crippen LogP contribution in [0.5, 0.6) is 11.5 Å². The zero-order valence-electron chi connectivity index (χ0n) is 14.8. The Balaban J connectivity index is 2.20. The molecule has 132 valence electrons. The molecule has 0 aromatic heterocycles. The summed E-state index contributed by atoms with van der Waals surface area (Å²) < 4.78 is 15.7. The first-order chi connectivity index (χ1) is 12.6. The number of ether oxygens (including phenoxy) is 3. The van der Waals surface area contributed by atoms with Crippen molar-refractivity contribution in [3.05, 3.63) is 65.2 Å². The molecule has 0 bridgehead atoms. The second kappa shape index (κ2) is 9.14. The number of hydrogen-bond donors (Lipinski definition) is 0. The van der Waals surface area contributed by atoms with Gasteiger partial charge in [0.2, 0.25) is 0 Å². The van der Waals surface area contributed by atoms with Gasteiger partial charge in [-0.25, -0.2) is 4.79 Å². The normalized spacial score (nSPS) is 10.2. The molecule has 0 fully saturated rings. The molecule has 2 aromatic rings. The van der Waals surface area contributed by atoms with Crippen LogP contribution in [0.1, 0.15) is 27.0 Å².